The molecule has 0 aliphatic rings. The summed E-state index contributed by atoms with van der Waals surface area (Å²) >= 11 is 6.49. The summed E-state index contributed by atoms with van der Waals surface area (Å²) in [4.78, 5) is 4.54. The number of aryl methyl sites for hydroxylation is 2. The molecule has 0 aliphatic heterocycles. The highest BCUT2D eigenvalue weighted by molar-refractivity contribution is 6.32. The summed E-state index contributed by atoms with van der Waals surface area (Å²) in [6.45, 7) is 11.3. The van der Waals surface area contributed by atoms with E-state index in [0.717, 1.165) is 40.5 Å². The fourth-order valence-corrected chi connectivity index (χ4v) is 3.54. The lowest BCUT2D eigenvalue weighted by Crippen LogP contribution is -2.11. The fourth-order valence-electron chi connectivity index (χ4n) is 3.30. The van der Waals surface area contributed by atoms with Crippen LogP contribution in [0.2, 0.25) is 5.02 Å². The molecule has 0 N–H and O–H groups in total. The van der Waals surface area contributed by atoms with Crippen LogP contribution in [-0.4, -0.2) is 21.2 Å². The van der Waals surface area contributed by atoms with Crippen molar-refractivity contribution in [1.29, 1.82) is 0 Å². The first kappa shape index (κ1) is 18.7. The van der Waals surface area contributed by atoms with Crippen LogP contribution in [0.15, 0.2) is 30.3 Å². The van der Waals surface area contributed by atoms with E-state index in [9.17, 15) is 0 Å². The molecule has 0 spiro atoms. The summed E-state index contributed by atoms with van der Waals surface area (Å²) < 4.78 is 7.80. The topological polar surface area (TPSA) is 39.4 Å². The van der Waals surface area contributed by atoms with E-state index in [1.54, 1.807) is 0 Å². The van der Waals surface area contributed by atoms with Crippen LogP contribution in [0.4, 0.5) is 0 Å². The number of halogens is 1. The van der Waals surface area contributed by atoms with Crippen molar-refractivity contribution in [3.8, 4) is 17.0 Å². The molecule has 0 saturated carbocycles. The Balaban J connectivity index is 1.86. The van der Waals surface area contributed by atoms with Gasteiger partial charge in [0.2, 0.25) is 0 Å². The molecule has 5 heteroatoms. The molecule has 1 aromatic carbocycles. The van der Waals surface area contributed by atoms with Gasteiger partial charge in [-0.05, 0) is 56.4 Å². The minimum absolute atomic E-state index is 0.500. The summed E-state index contributed by atoms with van der Waals surface area (Å²) in [6.07, 6.45) is 1.14. The Bertz CT molecular complexity index is 917. The van der Waals surface area contributed by atoms with E-state index in [1.165, 1.54) is 0 Å². The fraction of sp³-hybridized carbons (Fsp3) is 0.429. The molecule has 0 bridgehead atoms. The molecule has 1 atom stereocenters. The second-order valence-corrected chi connectivity index (χ2v) is 7.94. The van der Waals surface area contributed by atoms with Gasteiger partial charge in [-0.15, -0.1) is 0 Å². The number of hydrogen-bond acceptors (Lipinski definition) is 3. The number of rotatable bonds is 6. The Morgan fingerprint density at radius 1 is 1.08 bits per heavy atom. The minimum Gasteiger partial charge on any atom is -0.492 e. The third-order valence-corrected chi connectivity index (χ3v) is 4.60. The van der Waals surface area contributed by atoms with Crippen LogP contribution in [0.25, 0.3) is 16.9 Å². The summed E-state index contributed by atoms with van der Waals surface area (Å²) in [5.74, 6) is 1.89. The third kappa shape index (κ3) is 4.18. The highest BCUT2D eigenvalue weighted by Gasteiger charge is 2.12. The van der Waals surface area contributed by atoms with Crippen molar-refractivity contribution in [3.63, 3.8) is 0 Å². The Kier molecular flexibility index (Phi) is 5.52. The second kappa shape index (κ2) is 7.67. The van der Waals surface area contributed by atoms with E-state index in [-0.39, 0.29) is 0 Å². The Hall–Kier alpha value is -2.07. The molecule has 0 radical (unpaired) electrons. The highest BCUT2D eigenvalue weighted by Crippen LogP contribution is 2.31. The lowest BCUT2D eigenvalue weighted by Gasteiger charge is -2.16. The highest BCUT2D eigenvalue weighted by atomic mass is 35.5. The van der Waals surface area contributed by atoms with Crippen LogP contribution in [-0.2, 0) is 0 Å². The maximum Gasteiger partial charge on any atom is 0.156 e. The van der Waals surface area contributed by atoms with Crippen molar-refractivity contribution < 1.29 is 4.74 Å². The summed E-state index contributed by atoms with van der Waals surface area (Å²) in [7, 11) is 0. The van der Waals surface area contributed by atoms with Gasteiger partial charge in [-0.1, -0.05) is 32.4 Å². The molecule has 0 fully saturated rings. The number of nitrogens with zero attached hydrogens (tertiary/aromatic N) is 3. The van der Waals surface area contributed by atoms with Gasteiger partial charge in [-0.25, -0.2) is 9.50 Å². The standard InChI is InChI=1S/C21H26ClN3O/c1-13(2)8-14(3)12-26-20-7-6-17(11-18(20)22)19-9-15(4)23-21-10-16(5)24-25(19)21/h6-7,9-11,13-14H,8,12H2,1-5H3. The van der Waals surface area contributed by atoms with Crippen molar-refractivity contribution in [3.05, 3.63) is 46.7 Å². The van der Waals surface area contributed by atoms with Crippen molar-refractivity contribution in [1.82, 2.24) is 14.6 Å². The first-order valence-corrected chi connectivity index (χ1v) is 9.48. The smallest absolute Gasteiger partial charge is 0.156 e. The molecule has 3 aromatic rings. The summed E-state index contributed by atoms with van der Waals surface area (Å²) in [5.41, 5.74) is 4.70. The van der Waals surface area contributed by atoms with Gasteiger partial charge < -0.3 is 4.74 Å². The second-order valence-electron chi connectivity index (χ2n) is 7.53. The van der Waals surface area contributed by atoms with Crippen LogP contribution in [0, 0.1) is 25.7 Å². The first-order chi connectivity index (χ1) is 12.3. The summed E-state index contributed by atoms with van der Waals surface area (Å²) in [6, 6.07) is 9.91. The van der Waals surface area contributed by atoms with Gasteiger partial charge in [0.1, 0.15) is 5.75 Å². The average molecular weight is 372 g/mol. The van der Waals surface area contributed by atoms with E-state index in [1.807, 2.05) is 48.7 Å². The summed E-state index contributed by atoms with van der Waals surface area (Å²) in [5, 5.41) is 5.17. The molecule has 0 aliphatic carbocycles. The van der Waals surface area contributed by atoms with Gasteiger partial charge >= 0.3 is 0 Å². The van der Waals surface area contributed by atoms with E-state index >= 15 is 0 Å². The quantitative estimate of drug-likeness (QED) is 0.555. The van der Waals surface area contributed by atoms with Crippen molar-refractivity contribution in [2.75, 3.05) is 6.61 Å². The van der Waals surface area contributed by atoms with Gasteiger partial charge in [0, 0.05) is 17.3 Å². The maximum absolute atomic E-state index is 6.49. The van der Waals surface area contributed by atoms with Crippen LogP contribution in [0.3, 0.4) is 0 Å². The normalized spacial score (nSPS) is 12.7. The van der Waals surface area contributed by atoms with Crippen molar-refractivity contribution in [2.45, 2.75) is 41.0 Å². The Morgan fingerprint density at radius 2 is 1.85 bits per heavy atom. The zero-order chi connectivity index (χ0) is 18.8. The van der Waals surface area contributed by atoms with Gasteiger partial charge in [0.05, 0.1) is 23.0 Å². The van der Waals surface area contributed by atoms with Gasteiger partial charge in [0.15, 0.2) is 5.65 Å². The molecule has 0 amide bonds. The molecule has 1 unspecified atom stereocenters. The molecule has 26 heavy (non-hydrogen) atoms. The first-order valence-electron chi connectivity index (χ1n) is 9.10. The third-order valence-electron chi connectivity index (χ3n) is 4.30. The predicted molar refractivity (Wildman–Crippen MR) is 107 cm³/mol. The number of hydrogen-bond donors (Lipinski definition) is 0. The minimum atomic E-state index is 0.500. The number of aromatic nitrogens is 3. The van der Waals surface area contributed by atoms with Crippen LogP contribution >= 0.6 is 11.6 Å². The van der Waals surface area contributed by atoms with Gasteiger partial charge in [-0.3, -0.25) is 0 Å². The lowest BCUT2D eigenvalue weighted by molar-refractivity contribution is 0.239. The van der Waals surface area contributed by atoms with Crippen LogP contribution < -0.4 is 4.74 Å². The molecule has 4 nitrogen and oxygen atoms in total. The van der Waals surface area contributed by atoms with Gasteiger partial charge in [-0.2, -0.15) is 5.10 Å². The monoisotopic (exact) mass is 371 g/mol. The molecule has 3 rings (SSSR count). The molecule has 138 valence electrons. The van der Waals surface area contributed by atoms with Crippen LogP contribution in [0.1, 0.15) is 38.6 Å². The number of ether oxygens (including phenoxy) is 1. The SMILES string of the molecule is Cc1cc(-c2ccc(OCC(C)CC(C)C)c(Cl)c2)n2nc(C)cc2n1. The average Bonchev–Trinajstić information content (AvgIpc) is 2.92. The zero-order valence-electron chi connectivity index (χ0n) is 16.1. The van der Waals surface area contributed by atoms with E-state index < -0.39 is 0 Å². The zero-order valence-corrected chi connectivity index (χ0v) is 16.8. The van der Waals surface area contributed by atoms with Crippen LogP contribution in [0.5, 0.6) is 5.75 Å². The largest absolute Gasteiger partial charge is 0.492 e. The van der Waals surface area contributed by atoms with E-state index in [2.05, 4.69) is 30.9 Å². The van der Waals surface area contributed by atoms with Gasteiger partial charge in [0.25, 0.3) is 0 Å². The molecule has 2 heterocycles. The van der Waals surface area contributed by atoms with E-state index in [0.29, 0.717) is 23.5 Å². The predicted octanol–water partition coefficient (Wildman–Crippen LogP) is 5.73. The van der Waals surface area contributed by atoms with E-state index in [4.69, 9.17) is 16.3 Å². The maximum atomic E-state index is 6.49. The molecular weight excluding hydrogens is 346 g/mol. The Labute approximate surface area is 160 Å². The molecule has 2 aromatic heterocycles. The van der Waals surface area contributed by atoms with Crippen molar-refractivity contribution >= 4 is 17.2 Å². The number of benzene rings is 1. The molecule has 0 saturated heterocycles. The number of fused-ring (bicyclic) bond motifs is 1. The lowest BCUT2D eigenvalue weighted by atomic mass is 10.00. The Morgan fingerprint density at radius 3 is 2.54 bits per heavy atom. The molecular formula is C21H26ClN3O. The van der Waals surface area contributed by atoms with Crippen molar-refractivity contribution in [2.24, 2.45) is 11.8 Å².